The standard InChI is InChI=1S/C32H27ClFN3O5S/c1-41-23-14-22(15-24(17-23)42-2)35-30(38)19-43-25-11-6-10-21(16-25)36-32(40)29(18-26-27(33)12-7-13-28(26)34)37-31(39)20-8-4-3-5-9-20/h3-18H,19H2,1-2H3,(H,35,38)(H,36,40)(H,37,39)/b29-18+. The first-order valence-corrected chi connectivity index (χ1v) is 14.2. The highest BCUT2D eigenvalue weighted by Crippen LogP contribution is 2.27. The van der Waals surface area contributed by atoms with Gasteiger partial charge in [0.1, 0.15) is 23.0 Å². The zero-order valence-electron chi connectivity index (χ0n) is 23.2. The number of rotatable bonds is 11. The lowest BCUT2D eigenvalue weighted by atomic mass is 10.1. The van der Waals surface area contributed by atoms with Crippen LogP contribution >= 0.6 is 23.4 Å². The molecule has 43 heavy (non-hydrogen) atoms. The molecule has 0 heterocycles. The number of thioether (sulfide) groups is 1. The van der Waals surface area contributed by atoms with Crippen LogP contribution in [-0.4, -0.2) is 37.7 Å². The van der Waals surface area contributed by atoms with Crippen molar-refractivity contribution >= 4 is 58.5 Å². The monoisotopic (exact) mass is 619 g/mol. The first kappa shape index (κ1) is 31.1. The molecule has 0 radical (unpaired) electrons. The molecule has 0 saturated heterocycles. The van der Waals surface area contributed by atoms with E-state index in [0.717, 1.165) is 0 Å². The number of halogens is 2. The van der Waals surface area contributed by atoms with Crippen LogP contribution in [0.15, 0.2) is 102 Å². The molecule has 4 aromatic carbocycles. The van der Waals surface area contributed by atoms with Crippen molar-refractivity contribution in [1.29, 1.82) is 0 Å². The Morgan fingerprint density at radius 2 is 1.53 bits per heavy atom. The van der Waals surface area contributed by atoms with E-state index in [9.17, 15) is 18.8 Å². The molecule has 8 nitrogen and oxygen atoms in total. The zero-order chi connectivity index (χ0) is 30.8. The van der Waals surface area contributed by atoms with E-state index >= 15 is 0 Å². The molecule has 4 rings (SSSR count). The largest absolute Gasteiger partial charge is 0.497 e. The summed E-state index contributed by atoms with van der Waals surface area (Å²) in [7, 11) is 3.04. The second-order valence-corrected chi connectivity index (χ2v) is 10.4. The molecular formula is C32H27ClFN3O5S. The highest BCUT2D eigenvalue weighted by molar-refractivity contribution is 8.00. The summed E-state index contributed by atoms with van der Waals surface area (Å²) in [5, 5.41) is 8.16. The van der Waals surface area contributed by atoms with Gasteiger partial charge in [0, 0.05) is 45.6 Å². The van der Waals surface area contributed by atoms with E-state index in [-0.39, 0.29) is 27.9 Å². The van der Waals surface area contributed by atoms with Crippen LogP contribution in [0.1, 0.15) is 15.9 Å². The van der Waals surface area contributed by atoms with Crippen molar-refractivity contribution in [2.75, 3.05) is 30.6 Å². The van der Waals surface area contributed by atoms with E-state index < -0.39 is 17.6 Å². The second kappa shape index (κ2) is 14.9. The van der Waals surface area contributed by atoms with E-state index in [1.807, 2.05) is 0 Å². The van der Waals surface area contributed by atoms with E-state index in [2.05, 4.69) is 16.0 Å². The van der Waals surface area contributed by atoms with Gasteiger partial charge in [0.15, 0.2) is 0 Å². The number of hydrogen-bond donors (Lipinski definition) is 3. The Bertz CT molecular complexity index is 1620. The van der Waals surface area contributed by atoms with E-state index in [1.165, 1.54) is 50.3 Å². The maximum atomic E-state index is 14.6. The Labute approximate surface area is 257 Å². The summed E-state index contributed by atoms with van der Waals surface area (Å²) in [4.78, 5) is 39.5. The second-order valence-electron chi connectivity index (χ2n) is 8.93. The van der Waals surface area contributed by atoms with Crippen LogP contribution in [0.4, 0.5) is 15.8 Å². The van der Waals surface area contributed by atoms with Gasteiger partial charge in [0.25, 0.3) is 11.8 Å². The molecule has 0 saturated carbocycles. The molecule has 0 atom stereocenters. The number of benzene rings is 4. The van der Waals surface area contributed by atoms with Crippen molar-refractivity contribution in [3.63, 3.8) is 0 Å². The predicted molar refractivity (Wildman–Crippen MR) is 167 cm³/mol. The summed E-state index contributed by atoms with van der Waals surface area (Å²) in [5.74, 6) is -1.01. The van der Waals surface area contributed by atoms with Crippen LogP contribution in [0, 0.1) is 5.82 Å². The van der Waals surface area contributed by atoms with Crippen LogP contribution < -0.4 is 25.4 Å². The third-order valence-corrected chi connectivity index (χ3v) is 7.24. The molecule has 0 aromatic heterocycles. The summed E-state index contributed by atoms with van der Waals surface area (Å²) in [6, 6.07) is 24.3. The number of carbonyl (C=O) groups is 3. The predicted octanol–water partition coefficient (Wildman–Crippen LogP) is 6.64. The fourth-order valence-corrected chi connectivity index (χ4v) is 4.80. The summed E-state index contributed by atoms with van der Waals surface area (Å²) in [6.45, 7) is 0. The third kappa shape index (κ3) is 8.84. The number of nitrogens with one attached hydrogen (secondary N) is 3. The van der Waals surface area contributed by atoms with Crippen molar-refractivity contribution in [3.05, 3.63) is 119 Å². The number of anilines is 2. The highest BCUT2D eigenvalue weighted by Gasteiger charge is 2.17. The fraction of sp³-hybridized carbons (Fsp3) is 0.0938. The van der Waals surface area contributed by atoms with Crippen LogP contribution in [-0.2, 0) is 9.59 Å². The lowest BCUT2D eigenvalue weighted by Crippen LogP contribution is -2.30. The van der Waals surface area contributed by atoms with Crippen LogP contribution in [0.25, 0.3) is 6.08 Å². The van der Waals surface area contributed by atoms with Gasteiger partial charge in [-0.15, -0.1) is 11.8 Å². The SMILES string of the molecule is COc1cc(NC(=O)CSc2cccc(NC(=O)/C(=C\c3c(F)cccc3Cl)NC(=O)c3ccccc3)c2)cc(OC)c1. The number of hydrogen-bond acceptors (Lipinski definition) is 6. The highest BCUT2D eigenvalue weighted by atomic mass is 35.5. The zero-order valence-corrected chi connectivity index (χ0v) is 24.7. The van der Waals surface area contributed by atoms with Gasteiger partial charge in [-0.2, -0.15) is 0 Å². The molecule has 3 amide bonds. The molecule has 0 unspecified atom stereocenters. The first-order valence-electron chi connectivity index (χ1n) is 12.8. The average molecular weight is 620 g/mol. The van der Waals surface area contributed by atoms with E-state index in [0.29, 0.717) is 33.3 Å². The minimum absolute atomic E-state index is 0.0494. The number of methoxy groups -OCH3 is 2. The molecule has 3 N–H and O–H groups in total. The van der Waals surface area contributed by atoms with Gasteiger partial charge in [-0.05, 0) is 48.5 Å². The maximum Gasteiger partial charge on any atom is 0.272 e. The van der Waals surface area contributed by atoms with Crippen LogP contribution in [0.5, 0.6) is 11.5 Å². The Balaban J connectivity index is 1.47. The van der Waals surface area contributed by atoms with Crippen molar-refractivity contribution in [2.45, 2.75) is 4.90 Å². The number of ether oxygens (including phenoxy) is 2. The summed E-state index contributed by atoms with van der Waals surface area (Å²) in [6.07, 6.45) is 1.18. The Morgan fingerprint density at radius 1 is 0.837 bits per heavy atom. The number of carbonyl (C=O) groups excluding carboxylic acids is 3. The van der Waals surface area contributed by atoms with Crippen molar-refractivity contribution in [1.82, 2.24) is 5.32 Å². The van der Waals surface area contributed by atoms with Gasteiger partial charge in [0.05, 0.1) is 25.0 Å². The lowest BCUT2D eigenvalue weighted by Gasteiger charge is -2.13. The summed E-state index contributed by atoms with van der Waals surface area (Å²) in [5.41, 5.74) is 0.964. The Morgan fingerprint density at radius 3 is 2.21 bits per heavy atom. The van der Waals surface area contributed by atoms with E-state index in [4.69, 9.17) is 21.1 Å². The van der Waals surface area contributed by atoms with Crippen molar-refractivity contribution in [3.8, 4) is 11.5 Å². The van der Waals surface area contributed by atoms with Gasteiger partial charge < -0.3 is 25.4 Å². The quantitative estimate of drug-likeness (QED) is 0.128. The normalized spacial score (nSPS) is 10.9. The van der Waals surface area contributed by atoms with Gasteiger partial charge >= 0.3 is 0 Å². The first-order chi connectivity index (χ1) is 20.7. The van der Waals surface area contributed by atoms with Crippen molar-refractivity contribution in [2.24, 2.45) is 0 Å². The van der Waals surface area contributed by atoms with Gasteiger partial charge in [-0.25, -0.2) is 4.39 Å². The molecule has 0 aliphatic heterocycles. The third-order valence-electron chi connectivity index (χ3n) is 5.91. The molecule has 0 aliphatic rings. The topological polar surface area (TPSA) is 106 Å². The van der Waals surface area contributed by atoms with Gasteiger partial charge in [0.2, 0.25) is 5.91 Å². The summed E-state index contributed by atoms with van der Waals surface area (Å²) >= 11 is 7.43. The molecule has 11 heteroatoms. The minimum atomic E-state index is -0.699. The van der Waals surface area contributed by atoms with Gasteiger partial charge in [-0.1, -0.05) is 41.9 Å². The van der Waals surface area contributed by atoms with E-state index in [1.54, 1.807) is 72.8 Å². The average Bonchev–Trinajstić information content (AvgIpc) is 3.01. The van der Waals surface area contributed by atoms with Crippen LogP contribution in [0.3, 0.4) is 0 Å². The van der Waals surface area contributed by atoms with Crippen LogP contribution in [0.2, 0.25) is 5.02 Å². The van der Waals surface area contributed by atoms with Crippen molar-refractivity contribution < 1.29 is 28.2 Å². The lowest BCUT2D eigenvalue weighted by molar-refractivity contribution is -0.114. The Kier molecular flexibility index (Phi) is 10.8. The molecule has 220 valence electrons. The Hall–Kier alpha value is -4.80. The minimum Gasteiger partial charge on any atom is -0.497 e. The molecule has 0 bridgehead atoms. The fourth-order valence-electron chi connectivity index (χ4n) is 3.82. The smallest absolute Gasteiger partial charge is 0.272 e. The maximum absolute atomic E-state index is 14.6. The molecular weight excluding hydrogens is 593 g/mol. The van der Waals surface area contributed by atoms with Gasteiger partial charge in [-0.3, -0.25) is 14.4 Å². The summed E-state index contributed by atoms with van der Waals surface area (Å²) < 4.78 is 25.0. The number of amides is 3. The molecule has 0 aliphatic carbocycles. The molecule has 4 aromatic rings. The molecule has 0 spiro atoms. The molecule has 0 fully saturated rings.